The number of piperidine rings is 1. The van der Waals surface area contributed by atoms with Crippen LogP contribution in [0.4, 0.5) is 4.39 Å². The number of aromatic nitrogens is 2. The fourth-order valence-electron chi connectivity index (χ4n) is 4.30. The molecule has 1 saturated heterocycles. The molecule has 6 nitrogen and oxygen atoms in total. The first-order chi connectivity index (χ1) is 14.8. The topological polar surface area (TPSA) is 64.4 Å². The van der Waals surface area contributed by atoms with Gasteiger partial charge in [-0.2, -0.15) is 4.31 Å². The second kappa shape index (κ2) is 8.59. The normalized spacial score (nSPS) is 16.3. The van der Waals surface area contributed by atoms with Gasteiger partial charge in [-0.25, -0.2) is 12.8 Å². The molecule has 0 amide bonds. The summed E-state index contributed by atoms with van der Waals surface area (Å²) in [7, 11) is -3.75. The van der Waals surface area contributed by atoms with Crippen molar-refractivity contribution >= 4 is 20.9 Å². The minimum atomic E-state index is -3.75. The molecular formula is C23H28FN3O3S. The summed E-state index contributed by atoms with van der Waals surface area (Å²) in [5.41, 5.74) is 2.35. The van der Waals surface area contributed by atoms with E-state index in [0.717, 1.165) is 31.0 Å². The van der Waals surface area contributed by atoms with Crippen molar-refractivity contribution in [2.24, 2.45) is 0 Å². The Labute approximate surface area is 182 Å². The van der Waals surface area contributed by atoms with Gasteiger partial charge in [0.05, 0.1) is 22.7 Å². The summed E-state index contributed by atoms with van der Waals surface area (Å²) in [5, 5.41) is 1.18. The maximum absolute atomic E-state index is 14.4. The van der Waals surface area contributed by atoms with Gasteiger partial charge in [0.2, 0.25) is 10.0 Å². The third-order valence-electron chi connectivity index (χ3n) is 5.85. The van der Waals surface area contributed by atoms with Crippen molar-refractivity contribution < 1.29 is 17.5 Å². The van der Waals surface area contributed by atoms with Crippen molar-refractivity contribution in [3.63, 3.8) is 0 Å². The number of pyridine rings is 1. The van der Waals surface area contributed by atoms with E-state index in [2.05, 4.69) is 22.7 Å². The van der Waals surface area contributed by atoms with E-state index >= 15 is 0 Å². The van der Waals surface area contributed by atoms with E-state index in [1.165, 1.54) is 27.4 Å². The van der Waals surface area contributed by atoms with Crippen molar-refractivity contribution in [2.75, 3.05) is 13.1 Å². The Balaban J connectivity index is 1.52. The molecule has 0 atom stereocenters. The van der Waals surface area contributed by atoms with Gasteiger partial charge >= 0.3 is 0 Å². The molecule has 1 aliphatic rings. The van der Waals surface area contributed by atoms with Gasteiger partial charge in [0.25, 0.3) is 0 Å². The van der Waals surface area contributed by atoms with Crippen LogP contribution >= 0.6 is 0 Å². The fraction of sp³-hybridized carbons (Fsp3) is 0.435. The number of fused-ring (bicyclic) bond motifs is 1. The zero-order valence-corrected chi connectivity index (χ0v) is 18.9. The van der Waals surface area contributed by atoms with Crippen LogP contribution in [0.5, 0.6) is 5.75 Å². The number of aryl methyl sites for hydroxylation is 1. The number of nitrogens with zero attached hydrogens (tertiary/aromatic N) is 3. The van der Waals surface area contributed by atoms with Crippen LogP contribution in [0.3, 0.4) is 0 Å². The predicted molar refractivity (Wildman–Crippen MR) is 118 cm³/mol. The standard InChI is InChI=1S/C23H28FN3O3S/c1-4-26-15-20(19-7-10-25-14-22(19)26)17-8-11-27(12-9-17)31(28,29)18-5-6-23(21(24)13-18)30-16(2)3/h5-7,10,13-17H,4,8-9,11-12H2,1-3H3. The van der Waals surface area contributed by atoms with E-state index in [9.17, 15) is 12.8 Å². The van der Waals surface area contributed by atoms with Crippen LogP contribution in [0.1, 0.15) is 45.1 Å². The molecule has 8 heteroatoms. The van der Waals surface area contributed by atoms with Crippen LogP contribution < -0.4 is 4.74 Å². The number of benzene rings is 1. The molecule has 3 aromatic rings. The third-order valence-corrected chi connectivity index (χ3v) is 7.75. The fourth-order valence-corrected chi connectivity index (χ4v) is 5.78. The van der Waals surface area contributed by atoms with Gasteiger partial charge in [0.15, 0.2) is 11.6 Å². The largest absolute Gasteiger partial charge is 0.488 e. The highest BCUT2D eigenvalue weighted by molar-refractivity contribution is 7.89. The monoisotopic (exact) mass is 445 g/mol. The Morgan fingerprint density at radius 2 is 1.97 bits per heavy atom. The van der Waals surface area contributed by atoms with E-state index < -0.39 is 15.8 Å². The van der Waals surface area contributed by atoms with E-state index in [0.29, 0.717) is 13.1 Å². The van der Waals surface area contributed by atoms with Gasteiger partial charge in [-0.3, -0.25) is 4.98 Å². The lowest BCUT2D eigenvalue weighted by Crippen LogP contribution is -2.37. The van der Waals surface area contributed by atoms with E-state index in [1.807, 2.05) is 12.3 Å². The second-order valence-electron chi connectivity index (χ2n) is 8.20. The molecular weight excluding hydrogens is 417 g/mol. The summed E-state index contributed by atoms with van der Waals surface area (Å²) in [5.74, 6) is -0.317. The molecule has 1 aromatic carbocycles. The second-order valence-corrected chi connectivity index (χ2v) is 10.1. The summed E-state index contributed by atoms with van der Waals surface area (Å²) in [6, 6.07) is 5.90. The number of halogens is 1. The zero-order valence-electron chi connectivity index (χ0n) is 18.1. The van der Waals surface area contributed by atoms with Gasteiger partial charge in [0.1, 0.15) is 0 Å². The summed E-state index contributed by atoms with van der Waals surface area (Å²) >= 11 is 0. The summed E-state index contributed by atoms with van der Waals surface area (Å²) in [6.07, 6.45) is 7.10. The number of hydrogen-bond acceptors (Lipinski definition) is 4. The number of ether oxygens (including phenoxy) is 1. The Kier molecular flexibility index (Phi) is 6.03. The van der Waals surface area contributed by atoms with Gasteiger partial charge in [0, 0.05) is 37.4 Å². The molecule has 4 rings (SSSR count). The van der Waals surface area contributed by atoms with E-state index in [-0.39, 0.29) is 22.7 Å². The maximum atomic E-state index is 14.4. The first-order valence-electron chi connectivity index (χ1n) is 10.7. The Morgan fingerprint density at radius 3 is 2.61 bits per heavy atom. The van der Waals surface area contributed by atoms with Crippen molar-refractivity contribution in [3.8, 4) is 5.75 Å². The molecule has 0 N–H and O–H groups in total. The molecule has 3 heterocycles. The molecule has 31 heavy (non-hydrogen) atoms. The van der Waals surface area contributed by atoms with E-state index in [1.54, 1.807) is 20.0 Å². The molecule has 166 valence electrons. The summed E-state index contributed by atoms with van der Waals surface area (Å²) in [6.45, 7) is 7.36. The Morgan fingerprint density at radius 1 is 1.23 bits per heavy atom. The van der Waals surface area contributed by atoms with E-state index in [4.69, 9.17) is 4.74 Å². The van der Waals surface area contributed by atoms with Crippen molar-refractivity contribution in [2.45, 2.75) is 57.1 Å². The first-order valence-corrected chi connectivity index (χ1v) is 12.1. The van der Waals surface area contributed by atoms with Crippen molar-refractivity contribution in [1.29, 1.82) is 0 Å². The van der Waals surface area contributed by atoms with Crippen LogP contribution in [0, 0.1) is 5.82 Å². The highest BCUT2D eigenvalue weighted by atomic mass is 32.2. The van der Waals surface area contributed by atoms with Gasteiger partial charge in [-0.15, -0.1) is 0 Å². The van der Waals surface area contributed by atoms with Crippen LogP contribution in [0.15, 0.2) is 47.8 Å². The number of rotatable bonds is 6. The van der Waals surface area contributed by atoms with Crippen LogP contribution in [0.2, 0.25) is 0 Å². The molecule has 0 aliphatic carbocycles. The molecule has 0 radical (unpaired) electrons. The zero-order chi connectivity index (χ0) is 22.2. The minimum absolute atomic E-state index is 0.0341. The lowest BCUT2D eigenvalue weighted by molar-refractivity contribution is 0.231. The Hall–Kier alpha value is -2.45. The van der Waals surface area contributed by atoms with Crippen molar-refractivity contribution in [1.82, 2.24) is 13.9 Å². The lowest BCUT2D eigenvalue weighted by Gasteiger charge is -2.31. The summed E-state index contributed by atoms with van der Waals surface area (Å²) < 4.78 is 49.6. The van der Waals surface area contributed by atoms with Crippen LogP contribution in [-0.4, -0.2) is 41.5 Å². The van der Waals surface area contributed by atoms with Crippen LogP contribution in [0.25, 0.3) is 10.9 Å². The summed E-state index contributed by atoms with van der Waals surface area (Å²) in [4.78, 5) is 4.20. The molecule has 1 aliphatic heterocycles. The average molecular weight is 446 g/mol. The molecule has 0 bridgehead atoms. The van der Waals surface area contributed by atoms with Gasteiger partial charge in [-0.1, -0.05) is 0 Å². The number of hydrogen-bond donors (Lipinski definition) is 0. The SMILES string of the molecule is CCn1cc(C2CCN(S(=O)(=O)c3ccc(OC(C)C)c(F)c3)CC2)c2ccncc21. The molecule has 1 fully saturated rings. The highest BCUT2D eigenvalue weighted by Gasteiger charge is 2.31. The highest BCUT2D eigenvalue weighted by Crippen LogP contribution is 2.36. The smallest absolute Gasteiger partial charge is 0.243 e. The molecule has 0 saturated carbocycles. The lowest BCUT2D eigenvalue weighted by atomic mass is 9.90. The van der Waals surface area contributed by atoms with Crippen LogP contribution in [-0.2, 0) is 16.6 Å². The quantitative estimate of drug-likeness (QED) is 0.558. The Bertz CT molecular complexity index is 1180. The maximum Gasteiger partial charge on any atom is 0.243 e. The molecule has 2 aromatic heterocycles. The van der Waals surface area contributed by atoms with Gasteiger partial charge < -0.3 is 9.30 Å². The van der Waals surface area contributed by atoms with Crippen molar-refractivity contribution in [3.05, 3.63) is 54.2 Å². The van der Waals surface area contributed by atoms with Gasteiger partial charge in [-0.05, 0) is 69.4 Å². The molecule has 0 spiro atoms. The average Bonchev–Trinajstić information content (AvgIpc) is 3.14. The predicted octanol–water partition coefficient (Wildman–Crippen LogP) is 4.55. The molecule has 0 unspecified atom stereocenters. The third kappa shape index (κ3) is 4.19. The minimum Gasteiger partial charge on any atom is -0.488 e. The first kappa shape index (κ1) is 21.8. The number of sulfonamides is 1.